The summed E-state index contributed by atoms with van der Waals surface area (Å²) >= 11 is 1.44. The fraction of sp³-hybridized carbons (Fsp3) is 0.222. The van der Waals surface area contributed by atoms with E-state index in [0.29, 0.717) is 17.1 Å². The van der Waals surface area contributed by atoms with Gasteiger partial charge in [-0.3, -0.25) is 4.79 Å². The van der Waals surface area contributed by atoms with E-state index in [1.165, 1.54) is 36.2 Å². The van der Waals surface area contributed by atoms with E-state index >= 15 is 0 Å². The number of hydrogen-bond donors (Lipinski definition) is 4. The van der Waals surface area contributed by atoms with Crippen LogP contribution in [-0.2, 0) is 10.5 Å². The summed E-state index contributed by atoms with van der Waals surface area (Å²) in [4.78, 5) is 11.8. The molecule has 4 N–H and O–H groups in total. The minimum atomic E-state index is -0.258. The van der Waals surface area contributed by atoms with Gasteiger partial charge in [-0.05, 0) is 42.7 Å². The molecule has 0 aliphatic heterocycles. The molecule has 2 aromatic rings. The number of amides is 1. The van der Waals surface area contributed by atoms with Gasteiger partial charge in [-0.2, -0.15) is 5.10 Å². The summed E-state index contributed by atoms with van der Waals surface area (Å²) in [6.45, 7) is 3.69. The molecular weight excluding hydrogens is 340 g/mol. The van der Waals surface area contributed by atoms with Gasteiger partial charge in [-0.15, -0.1) is 11.8 Å². The Bertz CT molecular complexity index is 783. The fourth-order valence-corrected chi connectivity index (χ4v) is 2.99. The van der Waals surface area contributed by atoms with Gasteiger partial charge in [0.1, 0.15) is 17.2 Å². The number of carbonyl (C=O) groups excluding carboxylic acids is 1. The number of aryl methyl sites for hydroxylation is 2. The zero-order valence-corrected chi connectivity index (χ0v) is 14.8. The van der Waals surface area contributed by atoms with Crippen LogP contribution in [0.1, 0.15) is 22.3 Å². The van der Waals surface area contributed by atoms with E-state index in [1.807, 2.05) is 26.0 Å². The van der Waals surface area contributed by atoms with Gasteiger partial charge in [0.25, 0.3) is 0 Å². The molecule has 0 unspecified atom stereocenters. The molecule has 0 radical (unpaired) electrons. The summed E-state index contributed by atoms with van der Waals surface area (Å²) in [5.41, 5.74) is 5.46. The van der Waals surface area contributed by atoms with Crippen LogP contribution in [0.5, 0.6) is 17.2 Å². The first-order valence-electron chi connectivity index (χ1n) is 7.57. The maximum absolute atomic E-state index is 11.8. The van der Waals surface area contributed by atoms with Crippen LogP contribution in [-0.4, -0.2) is 33.2 Å². The number of nitrogens with one attached hydrogen (secondary N) is 1. The smallest absolute Gasteiger partial charge is 0.250 e. The van der Waals surface area contributed by atoms with Crippen LogP contribution in [0.4, 0.5) is 0 Å². The van der Waals surface area contributed by atoms with Crippen molar-refractivity contribution in [2.24, 2.45) is 5.10 Å². The van der Waals surface area contributed by atoms with E-state index in [9.17, 15) is 20.1 Å². The second-order valence-corrected chi connectivity index (χ2v) is 6.59. The highest BCUT2D eigenvalue weighted by Gasteiger charge is 2.05. The Morgan fingerprint density at radius 2 is 1.84 bits per heavy atom. The molecule has 0 aliphatic carbocycles. The van der Waals surface area contributed by atoms with E-state index in [4.69, 9.17) is 0 Å². The van der Waals surface area contributed by atoms with Crippen molar-refractivity contribution in [2.45, 2.75) is 19.6 Å². The molecule has 0 heterocycles. The highest BCUT2D eigenvalue weighted by Crippen LogP contribution is 2.25. The van der Waals surface area contributed by atoms with E-state index < -0.39 is 0 Å². The molecule has 0 saturated carbocycles. The lowest BCUT2D eigenvalue weighted by atomic mass is 10.1. The Labute approximate surface area is 150 Å². The fourth-order valence-electron chi connectivity index (χ4n) is 2.24. The number of carbonyl (C=O) groups is 1. The van der Waals surface area contributed by atoms with Crippen LogP contribution in [0.15, 0.2) is 35.4 Å². The van der Waals surface area contributed by atoms with Crippen LogP contribution in [0, 0.1) is 13.8 Å². The molecule has 6 nitrogen and oxygen atoms in total. The van der Waals surface area contributed by atoms with Crippen molar-refractivity contribution in [3.8, 4) is 17.2 Å². The molecule has 1 amide bonds. The number of hydrazone groups is 1. The van der Waals surface area contributed by atoms with Gasteiger partial charge >= 0.3 is 0 Å². The molecule has 0 spiro atoms. The molecule has 2 aromatic carbocycles. The minimum absolute atomic E-state index is 0.0465. The molecule has 0 aromatic heterocycles. The molecule has 0 fully saturated rings. The summed E-state index contributed by atoms with van der Waals surface area (Å²) in [6.07, 6.45) is 1.31. The topological polar surface area (TPSA) is 102 Å². The Balaban J connectivity index is 1.80. The van der Waals surface area contributed by atoms with Gasteiger partial charge in [0.15, 0.2) is 0 Å². The minimum Gasteiger partial charge on any atom is -0.508 e. The van der Waals surface area contributed by atoms with Gasteiger partial charge in [0.05, 0.1) is 12.0 Å². The maximum atomic E-state index is 11.8. The highest BCUT2D eigenvalue weighted by atomic mass is 32.2. The number of nitrogens with zero attached hydrogens (tertiary/aromatic N) is 1. The third-order valence-electron chi connectivity index (χ3n) is 3.46. The van der Waals surface area contributed by atoms with Crippen LogP contribution in [0.25, 0.3) is 0 Å². The van der Waals surface area contributed by atoms with Crippen molar-refractivity contribution in [1.82, 2.24) is 5.43 Å². The van der Waals surface area contributed by atoms with E-state index in [-0.39, 0.29) is 23.2 Å². The number of rotatable bonds is 6. The lowest BCUT2D eigenvalue weighted by Gasteiger charge is -2.07. The lowest BCUT2D eigenvalue weighted by molar-refractivity contribution is -0.118. The van der Waals surface area contributed by atoms with Crippen molar-refractivity contribution in [3.63, 3.8) is 0 Å². The molecule has 7 heteroatoms. The molecule has 0 aliphatic rings. The van der Waals surface area contributed by atoms with Crippen molar-refractivity contribution in [3.05, 3.63) is 52.6 Å². The SMILES string of the molecule is Cc1cc(CSCC(=O)NN=Cc2ccc(O)cc2O)cc(C)c1O. The van der Waals surface area contributed by atoms with Gasteiger partial charge in [-0.1, -0.05) is 12.1 Å². The highest BCUT2D eigenvalue weighted by molar-refractivity contribution is 7.99. The van der Waals surface area contributed by atoms with Crippen molar-refractivity contribution in [2.75, 3.05) is 5.75 Å². The largest absolute Gasteiger partial charge is 0.508 e. The number of hydrogen-bond acceptors (Lipinski definition) is 6. The van der Waals surface area contributed by atoms with Crippen molar-refractivity contribution in [1.29, 1.82) is 0 Å². The quantitative estimate of drug-likeness (QED) is 0.469. The van der Waals surface area contributed by atoms with Crippen molar-refractivity contribution < 1.29 is 20.1 Å². The molecule has 2 rings (SSSR count). The number of phenolic OH excluding ortho intramolecular Hbond substituents is 3. The molecule has 132 valence electrons. The third-order valence-corrected chi connectivity index (χ3v) is 4.46. The van der Waals surface area contributed by atoms with Crippen LogP contribution < -0.4 is 5.43 Å². The maximum Gasteiger partial charge on any atom is 0.250 e. The first-order valence-corrected chi connectivity index (χ1v) is 8.73. The lowest BCUT2D eigenvalue weighted by Crippen LogP contribution is -2.19. The summed E-state index contributed by atoms with van der Waals surface area (Å²) < 4.78 is 0. The van der Waals surface area contributed by atoms with Gasteiger partial charge in [-0.25, -0.2) is 5.43 Å². The van der Waals surface area contributed by atoms with Crippen LogP contribution in [0.3, 0.4) is 0 Å². The second kappa shape index (κ2) is 8.43. The average molecular weight is 360 g/mol. The summed E-state index contributed by atoms with van der Waals surface area (Å²) in [7, 11) is 0. The van der Waals surface area contributed by atoms with Gasteiger partial charge in [0.2, 0.25) is 5.91 Å². The first-order chi connectivity index (χ1) is 11.9. The number of thioether (sulfide) groups is 1. The molecule has 0 bridgehead atoms. The van der Waals surface area contributed by atoms with Gasteiger partial charge < -0.3 is 15.3 Å². The van der Waals surface area contributed by atoms with E-state index in [2.05, 4.69) is 10.5 Å². The predicted octanol–water partition coefficient (Wildman–Crippen LogP) is 2.80. The van der Waals surface area contributed by atoms with E-state index in [1.54, 1.807) is 0 Å². The first kappa shape index (κ1) is 18.7. The van der Waals surface area contributed by atoms with Gasteiger partial charge in [0, 0.05) is 17.4 Å². The Morgan fingerprint density at radius 1 is 1.16 bits per heavy atom. The molecular formula is C18H20N2O4S. The third kappa shape index (κ3) is 5.42. The van der Waals surface area contributed by atoms with Crippen molar-refractivity contribution >= 4 is 23.9 Å². The van der Waals surface area contributed by atoms with Crippen LogP contribution >= 0.6 is 11.8 Å². The van der Waals surface area contributed by atoms with Crippen LogP contribution in [0.2, 0.25) is 0 Å². The summed E-state index contributed by atoms with van der Waals surface area (Å²) in [6, 6.07) is 7.91. The molecule has 25 heavy (non-hydrogen) atoms. The Kier molecular flexibility index (Phi) is 6.30. The Hall–Kier alpha value is -2.67. The predicted molar refractivity (Wildman–Crippen MR) is 99.3 cm³/mol. The average Bonchev–Trinajstić information content (AvgIpc) is 2.54. The van der Waals surface area contributed by atoms with E-state index in [0.717, 1.165) is 16.7 Å². The zero-order chi connectivity index (χ0) is 18.4. The molecule has 0 atom stereocenters. The summed E-state index contributed by atoms with van der Waals surface area (Å²) in [5, 5.41) is 32.3. The second-order valence-electron chi connectivity index (χ2n) is 5.61. The zero-order valence-electron chi connectivity index (χ0n) is 14.0. The normalized spacial score (nSPS) is 11.0. The standard InChI is InChI=1S/C18H20N2O4S/c1-11-5-13(6-12(2)18(11)24)9-25-10-17(23)20-19-8-14-3-4-15(21)7-16(14)22/h3-8,21-22,24H,9-10H2,1-2H3,(H,20,23). The Morgan fingerprint density at radius 3 is 2.48 bits per heavy atom. The monoisotopic (exact) mass is 360 g/mol. The number of aromatic hydroxyl groups is 3. The number of phenols is 3. The number of benzene rings is 2. The summed E-state index contributed by atoms with van der Waals surface area (Å²) in [5.74, 6) is 0.765. The molecule has 0 saturated heterocycles.